The first-order valence-electron chi connectivity index (χ1n) is 9.48. The van der Waals surface area contributed by atoms with Gasteiger partial charge in [0.15, 0.2) is 5.69 Å². The minimum atomic E-state index is -0.873. The van der Waals surface area contributed by atoms with Crippen LogP contribution in [0.4, 0.5) is 19.3 Å². The number of halogens is 2. The Morgan fingerprint density at radius 3 is 2.66 bits per heavy atom. The first kappa shape index (κ1) is 20.9. The molecular formula is C21H16F2N6O3. The van der Waals surface area contributed by atoms with Gasteiger partial charge in [-0.1, -0.05) is 0 Å². The lowest BCUT2D eigenvalue weighted by atomic mass is 10.1. The number of cyclic esters (lactones) is 1. The second-order valence-electron chi connectivity index (χ2n) is 7.02. The molecule has 1 aliphatic rings. The highest BCUT2D eigenvalue weighted by Crippen LogP contribution is 2.32. The summed E-state index contributed by atoms with van der Waals surface area (Å²) >= 11 is 0. The van der Waals surface area contributed by atoms with E-state index in [1.165, 1.54) is 42.3 Å². The van der Waals surface area contributed by atoms with Crippen LogP contribution in [0.25, 0.3) is 16.9 Å². The molecule has 1 fully saturated rings. The van der Waals surface area contributed by atoms with Crippen LogP contribution in [0.3, 0.4) is 0 Å². The van der Waals surface area contributed by atoms with Gasteiger partial charge >= 0.3 is 6.09 Å². The van der Waals surface area contributed by atoms with Crippen LogP contribution in [0.5, 0.6) is 0 Å². The quantitative estimate of drug-likeness (QED) is 0.655. The second kappa shape index (κ2) is 8.43. The number of benzene rings is 1. The number of imidazole rings is 1. The number of nitriles is 1. The van der Waals surface area contributed by atoms with Gasteiger partial charge in [-0.05, 0) is 24.3 Å². The number of nitrogens with zero attached hydrogens (tertiary/aromatic N) is 5. The average molecular weight is 438 g/mol. The van der Waals surface area contributed by atoms with E-state index in [0.717, 1.165) is 17.0 Å². The number of nitrogens with one attached hydrogen (secondary N) is 1. The molecule has 1 saturated heterocycles. The predicted molar refractivity (Wildman–Crippen MR) is 108 cm³/mol. The summed E-state index contributed by atoms with van der Waals surface area (Å²) in [6, 6.07) is 7.02. The highest BCUT2D eigenvalue weighted by molar-refractivity contribution is 5.90. The van der Waals surface area contributed by atoms with E-state index in [1.54, 1.807) is 0 Å². The Labute approximate surface area is 180 Å². The number of ether oxygens (including phenoxy) is 1. The molecule has 2 amide bonds. The van der Waals surface area contributed by atoms with Gasteiger partial charge in [0, 0.05) is 24.9 Å². The van der Waals surface area contributed by atoms with Crippen molar-refractivity contribution in [3.05, 3.63) is 60.3 Å². The van der Waals surface area contributed by atoms with E-state index < -0.39 is 23.8 Å². The van der Waals surface area contributed by atoms with Crippen LogP contribution in [0, 0.1) is 23.0 Å². The minimum Gasteiger partial charge on any atom is -0.442 e. The summed E-state index contributed by atoms with van der Waals surface area (Å²) in [6.07, 6.45) is 2.81. The molecule has 0 unspecified atom stereocenters. The Kier molecular flexibility index (Phi) is 5.51. The van der Waals surface area contributed by atoms with Gasteiger partial charge in [-0.25, -0.2) is 23.5 Å². The van der Waals surface area contributed by atoms with E-state index in [1.807, 2.05) is 6.07 Å². The fraction of sp³-hybridized carbons (Fsp3) is 0.190. The molecule has 1 N–H and O–H groups in total. The number of aromatic nitrogens is 3. The van der Waals surface area contributed by atoms with E-state index >= 15 is 0 Å². The number of rotatable bonds is 5. The first-order chi connectivity index (χ1) is 15.4. The summed E-state index contributed by atoms with van der Waals surface area (Å²) in [5.74, 6) is -1.60. The van der Waals surface area contributed by atoms with E-state index in [4.69, 9.17) is 10.00 Å². The summed E-state index contributed by atoms with van der Waals surface area (Å²) in [5, 5.41) is 11.4. The third-order valence-electron chi connectivity index (χ3n) is 4.79. The lowest BCUT2D eigenvalue weighted by Crippen LogP contribution is -2.33. The minimum absolute atomic E-state index is 0.00565. The molecule has 0 saturated carbocycles. The second-order valence-corrected chi connectivity index (χ2v) is 7.02. The topological polar surface area (TPSA) is 113 Å². The van der Waals surface area contributed by atoms with Crippen LogP contribution in [0.2, 0.25) is 0 Å². The van der Waals surface area contributed by atoms with Crippen molar-refractivity contribution in [1.29, 1.82) is 5.26 Å². The number of anilines is 1. The van der Waals surface area contributed by atoms with E-state index in [9.17, 15) is 18.4 Å². The van der Waals surface area contributed by atoms with Gasteiger partial charge in [0.05, 0.1) is 24.3 Å². The molecule has 0 radical (unpaired) electrons. The standard InChI is InChI=1S/C21H16F2N6O3/c1-12(30)25-8-16-10-29(21(31)32-16)15-4-17(22)20(18(23)5-15)13-2-3-19(26-7-13)28-9-14(6-24)27-11-28/h2-5,7,9,11,16H,8,10H2,1H3,(H,25,30)/t16-/m0/s1. The van der Waals surface area contributed by atoms with Crippen molar-refractivity contribution in [3.63, 3.8) is 0 Å². The Morgan fingerprint density at radius 2 is 2.06 bits per heavy atom. The number of pyridine rings is 1. The Hall–Kier alpha value is -4.33. The van der Waals surface area contributed by atoms with Crippen molar-refractivity contribution >= 4 is 17.7 Å². The zero-order valence-corrected chi connectivity index (χ0v) is 16.7. The molecule has 9 nitrogen and oxygen atoms in total. The summed E-state index contributed by atoms with van der Waals surface area (Å²) in [5.41, 5.74) is 0.122. The summed E-state index contributed by atoms with van der Waals surface area (Å²) < 4.78 is 36.3. The molecule has 2 aromatic heterocycles. The molecule has 1 atom stereocenters. The average Bonchev–Trinajstić information content (AvgIpc) is 3.39. The Morgan fingerprint density at radius 1 is 1.31 bits per heavy atom. The van der Waals surface area contributed by atoms with Gasteiger partial charge in [-0.3, -0.25) is 14.3 Å². The van der Waals surface area contributed by atoms with Crippen LogP contribution in [-0.2, 0) is 9.53 Å². The van der Waals surface area contributed by atoms with E-state index in [0.29, 0.717) is 5.82 Å². The Balaban J connectivity index is 1.56. The SMILES string of the molecule is CC(=O)NC[C@H]1CN(c2cc(F)c(-c3ccc(-n4cnc(C#N)c4)nc3)c(F)c2)C(=O)O1. The van der Waals surface area contributed by atoms with Crippen molar-refractivity contribution in [2.24, 2.45) is 0 Å². The van der Waals surface area contributed by atoms with Gasteiger partial charge in [0.1, 0.15) is 36.0 Å². The van der Waals surface area contributed by atoms with Crippen molar-refractivity contribution < 1.29 is 23.1 Å². The first-order valence-corrected chi connectivity index (χ1v) is 9.48. The molecule has 4 rings (SSSR count). The monoisotopic (exact) mass is 438 g/mol. The van der Waals surface area contributed by atoms with E-state index in [-0.39, 0.29) is 41.5 Å². The molecule has 162 valence electrons. The van der Waals surface area contributed by atoms with Gasteiger partial charge in [0.2, 0.25) is 5.91 Å². The maximum atomic E-state index is 14.8. The van der Waals surface area contributed by atoms with Crippen molar-refractivity contribution in [2.45, 2.75) is 13.0 Å². The van der Waals surface area contributed by atoms with Gasteiger partial charge in [-0.2, -0.15) is 5.26 Å². The number of carbonyl (C=O) groups excluding carboxylic acids is 2. The maximum Gasteiger partial charge on any atom is 0.414 e. The number of hydrogen-bond donors (Lipinski definition) is 1. The van der Waals surface area contributed by atoms with Crippen LogP contribution in [-0.4, -0.2) is 45.7 Å². The smallest absolute Gasteiger partial charge is 0.414 e. The predicted octanol–water partition coefficient (Wildman–Crippen LogP) is 2.55. The van der Waals surface area contributed by atoms with Crippen molar-refractivity contribution in [3.8, 4) is 23.0 Å². The zero-order chi connectivity index (χ0) is 22.8. The normalized spacial score (nSPS) is 15.4. The van der Waals surface area contributed by atoms with Gasteiger partial charge < -0.3 is 10.1 Å². The summed E-state index contributed by atoms with van der Waals surface area (Å²) in [7, 11) is 0. The largest absolute Gasteiger partial charge is 0.442 e. The van der Waals surface area contributed by atoms with Crippen molar-refractivity contribution in [1.82, 2.24) is 19.9 Å². The zero-order valence-electron chi connectivity index (χ0n) is 16.7. The molecule has 0 bridgehead atoms. The number of hydrogen-bond acceptors (Lipinski definition) is 6. The summed E-state index contributed by atoms with van der Waals surface area (Å²) in [4.78, 5) is 32.3. The fourth-order valence-corrected chi connectivity index (χ4v) is 3.28. The number of carbonyl (C=O) groups is 2. The molecule has 0 aliphatic carbocycles. The van der Waals surface area contributed by atoms with Crippen LogP contribution in [0.1, 0.15) is 12.6 Å². The molecule has 0 spiro atoms. The third-order valence-corrected chi connectivity index (χ3v) is 4.79. The lowest BCUT2D eigenvalue weighted by Gasteiger charge is -2.15. The molecule has 11 heteroatoms. The van der Waals surface area contributed by atoms with E-state index in [2.05, 4.69) is 15.3 Å². The molecule has 32 heavy (non-hydrogen) atoms. The molecule has 3 heterocycles. The lowest BCUT2D eigenvalue weighted by molar-refractivity contribution is -0.119. The van der Waals surface area contributed by atoms with Crippen LogP contribution in [0.15, 0.2) is 43.0 Å². The van der Waals surface area contributed by atoms with Crippen LogP contribution < -0.4 is 10.2 Å². The summed E-state index contributed by atoms with van der Waals surface area (Å²) in [6.45, 7) is 1.48. The van der Waals surface area contributed by atoms with Gasteiger partial charge in [-0.15, -0.1) is 0 Å². The third kappa shape index (κ3) is 4.11. The fourth-order valence-electron chi connectivity index (χ4n) is 3.28. The molecule has 3 aromatic rings. The van der Waals surface area contributed by atoms with Crippen molar-refractivity contribution in [2.75, 3.05) is 18.0 Å². The molecule has 1 aromatic carbocycles. The Bertz CT molecular complexity index is 1210. The van der Waals surface area contributed by atoms with Gasteiger partial charge in [0.25, 0.3) is 0 Å². The number of amides is 2. The highest BCUT2D eigenvalue weighted by atomic mass is 19.1. The maximum absolute atomic E-state index is 14.8. The van der Waals surface area contributed by atoms with Crippen LogP contribution >= 0.6 is 0 Å². The highest BCUT2D eigenvalue weighted by Gasteiger charge is 2.33. The molecule has 1 aliphatic heterocycles. The molecular weight excluding hydrogens is 422 g/mol.